The largest absolute Gasteiger partial charge is 0.303 e. The van der Waals surface area contributed by atoms with Crippen LogP contribution in [0.25, 0.3) is 0 Å². The Morgan fingerprint density at radius 2 is 0.639 bits per heavy atom. The van der Waals surface area contributed by atoms with Gasteiger partial charge < -0.3 is 9.59 Å². The molecule has 0 atom stereocenters. The predicted octanol–water partition coefficient (Wildman–Crippen LogP) is 11.3. The standard InChI is InChI=1S/C11H18O.C11H20.C6H10O.C6H12/c1-2-3-4-5-6-7-8-9-10-11-12;1-3-5-7-9-11-10-8-6-4-2;1-2-3-4-5-6-7;1-3-5-6-4-2/h2-3,7-8,11H,4-6,9-10H2,1H3;3,5,8,10H,4,6-7,9,11H2,1-2H3;2-3,6H,4-5H2,1H3;3,5H,4,6H2,1-2H3/b3-2-,8-7-;5-3-,10-8-;3-2-;5-3-. The van der Waals surface area contributed by atoms with Crippen molar-refractivity contribution in [3.8, 4) is 0 Å². The van der Waals surface area contributed by atoms with E-state index in [0.29, 0.717) is 12.8 Å². The monoisotopic (exact) mass is 500 g/mol. The van der Waals surface area contributed by atoms with Gasteiger partial charge in [-0.05, 0) is 91.9 Å². The van der Waals surface area contributed by atoms with E-state index in [0.717, 1.165) is 38.3 Å². The highest BCUT2D eigenvalue weighted by Gasteiger charge is 1.81. The topological polar surface area (TPSA) is 34.1 Å². The summed E-state index contributed by atoms with van der Waals surface area (Å²) in [5, 5.41) is 0. The lowest BCUT2D eigenvalue weighted by molar-refractivity contribution is -0.108. The SMILES string of the molecule is C/C=C\CCC.C/C=C\CCC/C=C\CCC.C/C=C\CCC/C=C\CCC=O.C/C=C\CCC=O. The minimum atomic E-state index is 0.657. The maximum Gasteiger partial charge on any atom is 0.120 e. The summed E-state index contributed by atoms with van der Waals surface area (Å²) in [7, 11) is 0. The van der Waals surface area contributed by atoms with Gasteiger partial charge in [0.05, 0.1) is 0 Å². The van der Waals surface area contributed by atoms with Crippen LogP contribution in [0.5, 0.6) is 0 Å². The number of allylic oxidation sites excluding steroid dienone is 12. The van der Waals surface area contributed by atoms with E-state index in [9.17, 15) is 9.59 Å². The summed E-state index contributed by atoms with van der Waals surface area (Å²) in [5.74, 6) is 0. The zero-order valence-electron chi connectivity index (χ0n) is 24.8. The van der Waals surface area contributed by atoms with Gasteiger partial charge in [0.15, 0.2) is 0 Å². The van der Waals surface area contributed by atoms with Crippen LogP contribution in [0, 0.1) is 0 Å². The van der Waals surface area contributed by atoms with Crippen molar-refractivity contribution in [1.29, 1.82) is 0 Å². The molecular weight excluding hydrogens is 440 g/mol. The Labute approximate surface area is 226 Å². The van der Waals surface area contributed by atoms with Gasteiger partial charge in [-0.15, -0.1) is 0 Å². The first-order valence-corrected chi connectivity index (χ1v) is 14.3. The number of hydrogen-bond acceptors (Lipinski definition) is 2. The summed E-state index contributed by atoms with van der Waals surface area (Å²) in [6, 6.07) is 0. The predicted molar refractivity (Wildman–Crippen MR) is 166 cm³/mol. The maximum atomic E-state index is 9.94. The zero-order chi connectivity index (χ0) is 27.8. The van der Waals surface area contributed by atoms with Gasteiger partial charge in [0.1, 0.15) is 12.6 Å². The molecule has 208 valence electrons. The maximum absolute atomic E-state index is 9.94. The summed E-state index contributed by atoms with van der Waals surface area (Å²) in [5.41, 5.74) is 0. The lowest BCUT2D eigenvalue weighted by Crippen LogP contribution is -1.72. The third-order valence-electron chi connectivity index (χ3n) is 4.57. The van der Waals surface area contributed by atoms with Crippen molar-refractivity contribution in [3.63, 3.8) is 0 Å². The molecule has 0 aliphatic carbocycles. The number of hydrogen-bond donors (Lipinski definition) is 0. The van der Waals surface area contributed by atoms with Gasteiger partial charge >= 0.3 is 0 Å². The summed E-state index contributed by atoms with van der Waals surface area (Å²) in [6.07, 6.45) is 42.9. The molecule has 0 rings (SSSR count). The fourth-order valence-electron chi connectivity index (χ4n) is 2.51. The van der Waals surface area contributed by atoms with Gasteiger partial charge in [-0.3, -0.25) is 0 Å². The highest BCUT2D eigenvalue weighted by atomic mass is 16.1. The van der Waals surface area contributed by atoms with Crippen LogP contribution in [0.3, 0.4) is 0 Å². The minimum Gasteiger partial charge on any atom is -0.303 e. The fraction of sp³-hybridized carbons (Fsp3) is 0.588. The molecule has 0 amide bonds. The molecular formula is C34H60O2. The molecule has 0 heterocycles. The van der Waals surface area contributed by atoms with Gasteiger partial charge in [0, 0.05) is 12.8 Å². The quantitative estimate of drug-likeness (QED) is 0.106. The molecule has 0 aliphatic heterocycles. The summed E-state index contributed by atoms with van der Waals surface area (Å²) in [4.78, 5) is 19.6. The third-order valence-corrected chi connectivity index (χ3v) is 4.57. The molecule has 0 aromatic rings. The van der Waals surface area contributed by atoms with Gasteiger partial charge in [0.25, 0.3) is 0 Å². The molecule has 0 unspecified atom stereocenters. The van der Waals surface area contributed by atoms with Crippen molar-refractivity contribution in [2.75, 3.05) is 0 Å². The second kappa shape index (κ2) is 49.8. The molecule has 2 nitrogen and oxygen atoms in total. The van der Waals surface area contributed by atoms with Crippen LogP contribution >= 0.6 is 0 Å². The molecule has 0 aromatic carbocycles. The van der Waals surface area contributed by atoms with Crippen LogP contribution in [0.1, 0.15) is 131 Å². The van der Waals surface area contributed by atoms with E-state index >= 15 is 0 Å². The average Bonchev–Trinajstić information content (AvgIpc) is 2.90. The molecule has 0 radical (unpaired) electrons. The highest BCUT2D eigenvalue weighted by Crippen LogP contribution is 2.00. The van der Waals surface area contributed by atoms with E-state index in [1.165, 1.54) is 51.4 Å². The normalized spacial score (nSPS) is 11.1. The Balaban J connectivity index is -0.000000197. The first-order chi connectivity index (χ1) is 17.7. The lowest BCUT2D eigenvalue weighted by Gasteiger charge is -1.89. The van der Waals surface area contributed by atoms with Crippen LogP contribution in [-0.4, -0.2) is 12.6 Å². The molecule has 0 saturated heterocycles. The molecule has 0 fully saturated rings. The second-order valence-electron chi connectivity index (χ2n) is 8.15. The first kappa shape index (κ1) is 40.9. The van der Waals surface area contributed by atoms with E-state index in [2.05, 4.69) is 88.5 Å². The summed E-state index contributed by atoms with van der Waals surface area (Å²) < 4.78 is 0. The number of aldehydes is 2. The van der Waals surface area contributed by atoms with Gasteiger partial charge in [-0.1, -0.05) is 99.6 Å². The summed E-state index contributed by atoms with van der Waals surface area (Å²) >= 11 is 0. The van der Waals surface area contributed by atoms with Crippen molar-refractivity contribution in [2.24, 2.45) is 0 Å². The zero-order valence-corrected chi connectivity index (χ0v) is 24.8. The summed E-state index contributed by atoms with van der Waals surface area (Å²) in [6.45, 7) is 12.5. The van der Waals surface area contributed by atoms with Crippen molar-refractivity contribution in [1.82, 2.24) is 0 Å². The van der Waals surface area contributed by atoms with E-state index in [-0.39, 0.29) is 0 Å². The number of carbonyl (C=O) groups excluding carboxylic acids is 2. The number of carbonyl (C=O) groups is 2. The Morgan fingerprint density at radius 3 is 1.00 bits per heavy atom. The van der Waals surface area contributed by atoms with Crippen LogP contribution in [-0.2, 0) is 9.59 Å². The molecule has 0 N–H and O–H groups in total. The Hall–Kier alpha value is -2.22. The van der Waals surface area contributed by atoms with Crippen LogP contribution in [0.4, 0.5) is 0 Å². The van der Waals surface area contributed by atoms with Crippen molar-refractivity contribution in [2.45, 2.75) is 131 Å². The van der Waals surface area contributed by atoms with Gasteiger partial charge in [-0.25, -0.2) is 0 Å². The molecule has 0 spiro atoms. The van der Waals surface area contributed by atoms with Crippen LogP contribution in [0.2, 0.25) is 0 Å². The molecule has 2 heteroatoms. The second-order valence-corrected chi connectivity index (χ2v) is 8.15. The molecule has 0 aromatic heterocycles. The minimum absolute atomic E-state index is 0.657. The van der Waals surface area contributed by atoms with Crippen molar-refractivity contribution >= 4 is 12.6 Å². The number of unbranched alkanes of at least 4 members (excludes halogenated alkanes) is 8. The van der Waals surface area contributed by atoms with Crippen LogP contribution < -0.4 is 0 Å². The van der Waals surface area contributed by atoms with Gasteiger partial charge in [-0.2, -0.15) is 0 Å². The molecule has 0 saturated carbocycles. The average molecular weight is 501 g/mol. The Kier molecular flexibility index (Phi) is 56.6. The van der Waals surface area contributed by atoms with E-state index in [4.69, 9.17) is 0 Å². The Bertz CT molecular complexity index is 548. The third kappa shape index (κ3) is 63.5. The van der Waals surface area contributed by atoms with Crippen molar-refractivity contribution in [3.05, 3.63) is 72.9 Å². The fourth-order valence-corrected chi connectivity index (χ4v) is 2.51. The lowest BCUT2D eigenvalue weighted by atomic mass is 10.2. The number of rotatable bonds is 18. The van der Waals surface area contributed by atoms with Crippen LogP contribution in [0.15, 0.2) is 72.9 Å². The van der Waals surface area contributed by atoms with Gasteiger partial charge in [0.2, 0.25) is 0 Å². The van der Waals surface area contributed by atoms with E-state index in [1.807, 2.05) is 26.0 Å². The smallest absolute Gasteiger partial charge is 0.120 e. The Morgan fingerprint density at radius 1 is 0.361 bits per heavy atom. The van der Waals surface area contributed by atoms with E-state index < -0.39 is 0 Å². The molecule has 36 heavy (non-hydrogen) atoms. The highest BCUT2D eigenvalue weighted by molar-refractivity contribution is 5.49. The first-order valence-electron chi connectivity index (χ1n) is 14.3. The molecule has 0 aliphatic rings. The van der Waals surface area contributed by atoms with Crippen molar-refractivity contribution < 1.29 is 9.59 Å². The van der Waals surface area contributed by atoms with E-state index in [1.54, 1.807) is 0 Å². The molecule has 0 bridgehead atoms.